The second-order valence-electron chi connectivity index (χ2n) is 6.37. The number of carbonyl (C=O) groups is 1. The molecule has 1 aromatic heterocycles. The molecule has 0 radical (unpaired) electrons. The minimum Gasteiger partial charge on any atom is -0.338 e. The average molecular weight is 366 g/mol. The average Bonchev–Trinajstić information content (AvgIpc) is 3.35. The van der Waals surface area contributed by atoms with Crippen molar-refractivity contribution >= 4 is 6.03 Å². The number of nitrogens with one attached hydrogen (secondary N) is 2. The largest absolute Gasteiger partial charge is 0.435 e. The normalized spacial score (nSPS) is 14.3. The molecule has 0 spiro atoms. The van der Waals surface area contributed by atoms with Crippen LogP contribution in [0.15, 0.2) is 36.4 Å². The van der Waals surface area contributed by atoms with Gasteiger partial charge < -0.3 is 10.6 Å². The molecule has 1 aromatic carbocycles. The van der Waals surface area contributed by atoms with Gasteiger partial charge >= 0.3 is 12.2 Å². The molecule has 8 heteroatoms. The highest BCUT2D eigenvalue weighted by molar-refractivity contribution is 5.73. The minimum absolute atomic E-state index is 0.151. The first-order chi connectivity index (χ1) is 12.4. The van der Waals surface area contributed by atoms with Crippen molar-refractivity contribution in [1.29, 1.82) is 0 Å². The first kappa shape index (κ1) is 18.3. The topological polar surface area (TPSA) is 59.0 Å². The lowest BCUT2D eigenvalue weighted by Crippen LogP contribution is -2.38. The number of benzene rings is 1. The molecule has 1 aliphatic rings. The predicted octanol–water partition coefficient (Wildman–Crippen LogP) is 3.32. The number of alkyl halides is 3. The molecule has 5 nitrogen and oxygen atoms in total. The third-order valence-corrected chi connectivity index (χ3v) is 4.25. The Hall–Kier alpha value is -2.51. The molecule has 0 atom stereocenters. The molecular formula is C18H21F3N4O. The smallest absolute Gasteiger partial charge is 0.338 e. The number of hydrogen-bond donors (Lipinski definition) is 2. The summed E-state index contributed by atoms with van der Waals surface area (Å²) in [5.41, 5.74) is 0.855. The van der Waals surface area contributed by atoms with Crippen LogP contribution in [0, 0.1) is 0 Å². The van der Waals surface area contributed by atoms with Crippen molar-refractivity contribution in [1.82, 2.24) is 20.4 Å². The van der Waals surface area contributed by atoms with E-state index in [1.807, 2.05) is 30.3 Å². The molecule has 0 saturated heterocycles. The van der Waals surface area contributed by atoms with Crippen LogP contribution in [0.1, 0.15) is 35.7 Å². The summed E-state index contributed by atoms with van der Waals surface area (Å²) in [4.78, 5) is 11.8. The molecule has 1 heterocycles. The molecule has 2 amide bonds. The molecule has 140 valence electrons. The maximum absolute atomic E-state index is 12.8. The van der Waals surface area contributed by atoms with Crippen LogP contribution in [0.25, 0.3) is 0 Å². The van der Waals surface area contributed by atoms with Crippen LogP contribution in [-0.4, -0.2) is 28.9 Å². The number of halogens is 3. The van der Waals surface area contributed by atoms with Gasteiger partial charge in [0.15, 0.2) is 5.69 Å². The fraction of sp³-hybridized carbons (Fsp3) is 0.444. The fourth-order valence-electron chi connectivity index (χ4n) is 2.76. The molecule has 1 saturated carbocycles. The van der Waals surface area contributed by atoms with Gasteiger partial charge in [-0.25, -0.2) is 4.79 Å². The summed E-state index contributed by atoms with van der Waals surface area (Å²) in [7, 11) is 0. The first-order valence-corrected chi connectivity index (χ1v) is 8.64. The number of aromatic nitrogens is 2. The molecular weight excluding hydrogens is 345 g/mol. The molecule has 3 rings (SSSR count). The summed E-state index contributed by atoms with van der Waals surface area (Å²) in [5.74, 6) is 0.151. The van der Waals surface area contributed by atoms with Crippen molar-refractivity contribution in [3.63, 3.8) is 0 Å². The van der Waals surface area contributed by atoms with Gasteiger partial charge in [0.2, 0.25) is 0 Å². The zero-order valence-corrected chi connectivity index (χ0v) is 14.2. The fourth-order valence-corrected chi connectivity index (χ4v) is 2.76. The van der Waals surface area contributed by atoms with Gasteiger partial charge in [0.05, 0.1) is 6.54 Å². The Bertz CT molecular complexity index is 739. The highest BCUT2D eigenvalue weighted by atomic mass is 19.4. The molecule has 1 fully saturated rings. The monoisotopic (exact) mass is 366 g/mol. The van der Waals surface area contributed by atoms with Crippen molar-refractivity contribution in [2.75, 3.05) is 13.1 Å². The van der Waals surface area contributed by atoms with Crippen LogP contribution in [0.4, 0.5) is 18.0 Å². The van der Waals surface area contributed by atoms with Crippen molar-refractivity contribution in [3.8, 4) is 0 Å². The third kappa shape index (κ3) is 5.00. The zero-order valence-electron chi connectivity index (χ0n) is 14.2. The van der Waals surface area contributed by atoms with E-state index in [1.54, 1.807) is 0 Å². The highest BCUT2D eigenvalue weighted by Gasteiger charge is 2.37. The molecule has 0 bridgehead atoms. The SMILES string of the molecule is O=C(NCCc1ccccc1)NCCn1nc(C(F)(F)F)cc1C1CC1. The Morgan fingerprint density at radius 1 is 1.15 bits per heavy atom. The van der Waals surface area contributed by atoms with Gasteiger partial charge in [-0.15, -0.1) is 0 Å². The lowest BCUT2D eigenvalue weighted by atomic mass is 10.1. The summed E-state index contributed by atoms with van der Waals surface area (Å²) >= 11 is 0. The van der Waals surface area contributed by atoms with Crippen molar-refractivity contribution in [3.05, 3.63) is 53.3 Å². The molecule has 26 heavy (non-hydrogen) atoms. The van der Waals surface area contributed by atoms with Crippen molar-refractivity contribution in [2.24, 2.45) is 0 Å². The molecule has 2 N–H and O–H groups in total. The van der Waals surface area contributed by atoms with Gasteiger partial charge in [-0.1, -0.05) is 30.3 Å². The number of amides is 2. The van der Waals surface area contributed by atoms with Gasteiger partial charge in [-0.05, 0) is 30.9 Å². The van der Waals surface area contributed by atoms with Crippen LogP contribution in [-0.2, 0) is 19.1 Å². The Labute approximate surface area is 149 Å². The molecule has 2 aromatic rings. The third-order valence-electron chi connectivity index (χ3n) is 4.25. The quantitative estimate of drug-likeness (QED) is 0.790. The number of carbonyl (C=O) groups excluding carboxylic acids is 1. The predicted molar refractivity (Wildman–Crippen MR) is 90.8 cm³/mol. The van der Waals surface area contributed by atoms with Crippen LogP contribution in [0.3, 0.4) is 0 Å². The van der Waals surface area contributed by atoms with Crippen LogP contribution in [0.2, 0.25) is 0 Å². The van der Waals surface area contributed by atoms with Gasteiger partial charge in [-0.3, -0.25) is 4.68 Å². The highest BCUT2D eigenvalue weighted by Crippen LogP contribution is 2.42. The second kappa shape index (κ2) is 7.80. The van der Waals surface area contributed by atoms with E-state index in [0.717, 1.165) is 24.5 Å². The Morgan fingerprint density at radius 3 is 2.50 bits per heavy atom. The van der Waals surface area contributed by atoms with Crippen LogP contribution >= 0.6 is 0 Å². The minimum atomic E-state index is -4.45. The van der Waals surface area contributed by atoms with Gasteiger partial charge in [0.1, 0.15) is 0 Å². The Morgan fingerprint density at radius 2 is 1.85 bits per heavy atom. The summed E-state index contributed by atoms with van der Waals surface area (Å²) in [5, 5.41) is 9.06. The second-order valence-corrected chi connectivity index (χ2v) is 6.37. The van der Waals surface area contributed by atoms with E-state index in [4.69, 9.17) is 0 Å². The van der Waals surface area contributed by atoms with Crippen molar-refractivity contribution < 1.29 is 18.0 Å². The van der Waals surface area contributed by atoms with Gasteiger partial charge in [-0.2, -0.15) is 18.3 Å². The van der Waals surface area contributed by atoms with E-state index in [-0.39, 0.29) is 25.0 Å². The number of urea groups is 1. The number of rotatable bonds is 7. The molecule has 0 aliphatic heterocycles. The lowest BCUT2D eigenvalue weighted by Gasteiger charge is -2.10. The first-order valence-electron chi connectivity index (χ1n) is 8.64. The number of nitrogens with zero attached hydrogens (tertiary/aromatic N) is 2. The zero-order chi connectivity index (χ0) is 18.6. The van der Waals surface area contributed by atoms with E-state index in [1.165, 1.54) is 4.68 Å². The maximum Gasteiger partial charge on any atom is 0.435 e. The van der Waals surface area contributed by atoms with Gasteiger partial charge in [0, 0.05) is 24.7 Å². The van der Waals surface area contributed by atoms with Crippen LogP contribution < -0.4 is 10.6 Å². The molecule has 1 aliphatic carbocycles. The van der Waals surface area contributed by atoms with E-state index in [2.05, 4.69) is 15.7 Å². The van der Waals surface area contributed by atoms with Crippen molar-refractivity contribution in [2.45, 2.75) is 37.9 Å². The molecule has 0 unspecified atom stereocenters. The summed E-state index contributed by atoms with van der Waals surface area (Å²) in [6, 6.07) is 10.6. The lowest BCUT2D eigenvalue weighted by molar-refractivity contribution is -0.141. The number of hydrogen-bond acceptors (Lipinski definition) is 2. The van der Waals surface area contributed by atoms with Crippen LogP contribution in [0.5, 0.6) is 0 Å². The maximum atomic E-state index is 12.8. The Balaban J connectivity index is 1.44. The van der Waals surface area contributed by atoms with E-state index in [9.17, 15) is 18.0 Å². The standard InChI is InChI=1S/C18H21F3N4O/c19-18(20,21)16-12-15(14-6-7-14)25(24-16)11-10-23-17(26)22-9-8-13-4-2-1-3-5-13/h1-5,12,14H,6-11H2,(H2,22,23,26). The van der Waals surface area contributed by atoms with E-state index in [0.29, 0.717) is 18.7 Å². The van der Waals surface area contributed by atoms with Gasteiger partial charge in [0.25, 0.3) is 0 Å². The van der Waals surface area contributed by atoms with E-state index >= 15 is 0 Å². The van der Waals surface area contributed by atoms with E-state index < -0.39 is 11.9 Å². The summed E-state index contributed by atoms with van der Waals surface area (Å²) in [6.45, 7) is 0.924. The summed E-state index contributed by atoms with van der Waals surface area (Å²) < 4.78 is 39.9. The Kier molecular flexibility index (Phi) is 5.49. The summed E-state index contributed by atoms with van der Waals surface area (Å²) in [6.07, 6.45) is -1.96.